The zero-order chi connectivity index (χ0) is 28.2. The maximum Gasteiger partial charge on any atom is 0.253 e. The lowest BCUT2D eigenvalue weighted by Crippen LogP contribution is -2.45. The summed E-state index contributed by atoms with van der Waals surface area (Å²) in [4.78, 5) is 29.2. The fraction of sp³-hybridized carbons (Fsp3) is 0.323. The van der Waals surface area contributed by atoms with Crippen molar-refractivity contribution in [3.05, 3.63) is 93.1 Å². The van der Waals surface area contributed by atoms with Gasteiger partial charge >= 0.3 is 0 Å². The average molecular weight is 559 g/mol. The summed E-state index contributed by atoms with van der Waals surface area (Å²) in [5.74, 6) is 0.825. The molecule has 0 radical (unpaired) electrons. The minimum atomic E-state index is -0.246. The first-order valence-corrected chi connectivity index (χ1v) is 14.4. The van der Waals surface area contributed by atoms with E-state index in [9.17, 15) is 9.18 Å². The molecule has 1 fully saturated rings. The summed E-state index contributed by atoms with van der Waals surface area (Å²) in [6, 6.07) is 16.7. The van der Waals surface area contributed by atoms with E-state index in [0.717, 1.165) is 43.9 Å². The van der Waals surface area contributed by atoms with E-state index < -0.39 is 0 Å². The number of rotatable bonds is 8. The van der Waals surface area contributed by atoms with Crippen molar-refractivity contribution in [3.63, 3.8) is 0 Å². The van der Waals surface area contributed by atoms with Crippen molar-refractivity contribution >= 4 is 40.4 Å². The molecule has 208 valence electrons. The zero-order valence-electron chi connectivity index (χ0n) is 23.4. The fourth-order valence-electron chi connectivity index (χ4n) is 5.08. The van der Waals surface area contributed by atoms with Crippen molar-refractivity contribution in [1.29, 1.82) is 0 Å². The molecule has 0 atom stereocenters. The number of thiophene rings is 1. The van der Waals surface area contributed by atoms with Gasteiger partial charge < -0.3 is 15.5 Å². The van der Waals surface area contributed by atoms with E-state index >= 15 is 0 Å². The summed E-state index contributed by atoms with van der Waals surface area (Å²) in [6.07, 6.45) is 3.60. The first-order chi connectivity index (χ1) is 19.2. The topological polar surface area (TPSA) is 73.4 Å². The van der Waals surface area contributed by atoms with Crippen LogP contribution >= 0.6 is 11.3 Å². The van der Waals surface area contributed by atoms with Crippen LogP contribution in [0.25, 0.3) is 0 Å². The Kier molecular flexibility index (Phi) is 8.42. The number of carbonyl (C=O) groups excluding carboxylic acids is 1. The number of likely N-dealkylation sites (tertiary alicyclic amines) is 1. The predicted molar refractivity (Wildman–Crippen MR) is 160 cm³/mol. The van der Waals surface area contributed by atoms with E-state index in [-0.39, 0.29) is 11.7 Å². The van der Waals surface area contributed by atoms with Gasteiger partial charge in [0.05, 0.1) is 0 Å². The molecule has 3 heterocycles. The normalized spacial score (nSPS) is 14.0. The van der Waals surface area contributed by atoms with Gasteiger partial charge in [0.1, 0.15) is 11.6 Å². The Labute approximate surface area is 239 Å². The molecule has 0 spiro atoms. The Balaban J connectivity index is 1.14. The molecule has 0 bridgehead atoms. The lowest BCUT2D eigenvalue weighted by atomic mass is 10.0. The Morgan fingerprint density at radius 2 is 1.73 bits per heavy atom. The molecule has 40 heavy (non-hydrogen) atoms. The SMILES string of the molecule is Cc1cc(C)c(CN(C)C2CCN(C(=O)c3ccc(Nc4nccc(Nc5ccc(F)c(C)c5)n4)cc3)CC2)s1. The van der Waals surface area contributed by atoms with Crippen LogP contribution < -0.4 is 10.6 Å². The lowest BCUT2D eigenvalue weighted by molar-refractivity contribution is 0.0640. The maximum absolute atomic E-state index is 13.6. The second kappa shape index (κ2) is 12.1. The number of anilines is 4. The van der Waals surface area contributed by atoms with E-state index in [1.807, 2.05) is 40.5 Å². The van der Waals surface area contributed by atoms with Crippen LogP contribution in [0, 0.1) is 26.6 Å². The number of hydrogen-bond acceptors (Lipinski definition) is 7. The molecule has 4 aromatic rings. The van der Waals surface area contributed by atoms with E-state index in [1.54, 1.807) is 31.3 Å². The Hall–Kier alpha value is -3.82. The number of piperidine rings is 1. The molecule has 2 aromatic carbocycles. The number of nitrogens with one attached hydrogen (secondary N) is 2. The third kappa shape index (κ3) is 6.66. The number of halogens is 1. The third-order valence-corrected chi connectivity index (χ3v) is 8.52. The standard InChI is InChI=1S/C31H35FN6OS/c1-20-18-25(9-10-27(20)32)34-29-11-14-33-31(36-29)35-24-7-5-23(6-8-24)30(39)38-15-12-26(13-16-38)37(4)19-28-21(2)17-22(3)40-28/h5-11,14,17-18,26H,12-13,15-16,19H2,1-4H3,(H2,33,34,35,36). The van der Waals surface area contributed by atoms with Crippen molar-refractivity contribution in [3.8, 4) is 0 Å². The quantitative estimate of drug-likeness (QED) is 0.247. The average Bonchev–Trinajstić information content (AvgIpc) is 3.27. The molecule has 7 nitrogen and oxygen atoms in total. The number of carbonyl (C=O) groups is 1. The molecule has 2 N–H and O–H groups in total. The summed E-state index contributed by atoms with van der Waals surface area (Å²) >= 11 is 1.88. The van der Waals surface area contributed by atoms with E-state index in [1.165, 1.54) is 21.4 Å². The third-order valence-electron chi connectivity index (χ3n) is 7.39. The van der Waals surface area contributed by atoms with Gasteiger partial charge in [-0.05, 0) is 106 Å². The molecule has 5 rings (SSSR count). The van der Waals surface area contributed by atoms with E-state index in [4.69, 9.17) is 0 Å². The summed E-state index contributed by atoms with van der Waals surface area (Å²) in [5.41, 5.74) is 4.13. The number of aromatic nitrogens is 2. The molecule has 2 aromatic heterocycles. The van der Waals surface area contributed by atoms with Crippen molar-refractivity contribution in [1.82, 2.24) is 19.8 Å². The highest BCUT2D eigenvalue weighted by atomic mass is 32.1. The Morgan fingerprint density at radius 3 is 2.40 bits per heavy atom. The van der Waals surface area contributed by atoms with Crippen molar-refractivity contribution < 1.29 is 9.18 Å². The van der Waals surface area contributed by atoms with Crippen LogP contribution in [0.15, 0.2) is 60.8 Å². The van der Waals surface area contributed by atoms with Gasteiger partial charge in [-0.1, -0.05) is 0 Å². The molecular formula is C31H35FN6OS. The molecule has 1 aliphatic rings. The monoisotopic (exact) mass is 558 g/mol. The van der Waals surface area contributed by atoms with Crippen LogP contribution in [-0.2, 0) is 6.54 Å². The lowest BCUT2D eigenvalue weighted by Gasteiger charge is -2.36. The Bertz CT molecular complexity index is 1480. The van der Waals surface area contributed by atoms with Crippen molar-refractivity contribution in [2.45, 2.75) is 46.2 Å². The highest BCUT2D eigenvalue weighted by Gasteiger charge is 2.26. The fourth-order valence-corrected chi connectivity index (χ4v) is 6.19. The first kappa shape index (κ1) is 27.7. The summed E-state index contributed by atoms with van der Waals surface area (Å²) in [5, 5.41) is 6.36. The molecule has 0 unspecified atom stereocenters. The van der Waals surface area contributed by atoms with Gasteiger partial charge in [0.25, 0.3) is 5.91 Å². The maximum atomic E-state index is 13.6. The molecule has 1 aliphatic heterocycles. The number of nitrogens with zero attached hydrogens (tertiary/aromatic N) is 4. The van der Waals surface area contributed by atoms with Gasteiger partial charge in [0.2, 0.25) is 5.95 Å². The summed E-state index contributed by atoms with van der Waals surface area (Å²) in [6.45, 7) is 8.56. The smallest absolute Gasteiger partial charge is 0.253 e. The van der Waals surface area contributed by atoms with Crippen LogP contribution in [0.3, 0.4) is 0 Å². The Morgan fingerprint density at radius 1 is 1.00 bits per heavy atom. The van der Waals surface area contributed by atoms with Crippen LogP contribution in [0.2, 0.25) is 0 Å². The zero-order valence-corrected chi connectivity index (χ0v) is 24.2. The second-order valence-corrected chi connectivity index (χ2v) is 11.8. The van der Waals surface area contributed by atoms with Gasteiger partial charge in [-0.15, -0.1) is 11.3 Å². The summed E-state index contributed by atoms with van der Waals surface area (Å²) < 4.78 is 13.6. The van der Waals surface area contributed by atoms with Gasteiger partial charge in [-0.2, -0.15) is 4.98 Å². The van der Waals surface area contributed by atoms with E-state index in [0.29, 0.717) is 28.9 Å². The number of benzene rings is 2. The summed E-state index contributed by atoms with van der Waals surface area (Å²) in [7, 11) is 2.20. The molecule has 9 heteroatoms. The van der Waals surface area contributed by atoms with Gasteiger partial charge in [-0.25, -0.2) is 9.37 Å². The minimum absolute atomic E-state index is 0.0643. The van der Waals surface area contributed by atoms with Gasteiger partial charge in [0, 0.05) is 58.6 Å². The molecular weight excluding hydrogens is 523 g/mol. The highest BCUT2D eigenvalue weighted by molar-refractivity contribution is 7.12. The van der Waals surface area contributed by atoms with Gasteiger partial charge in [0.15, 0.2) is 0 Å². The van der Waals surface area contributed by atoms with Crippen LogP contribution in [0.4, 0.5) is 27.5 Å². The van der Waals surface area contributed by atoms with Gasteiger partial charge in [-0.3, -0.25) is 9.69 Å². The number of aryl methyl sites for hydroxylation is 3. The van der Waals surface area contributed by atoms with Crippen LogP contribution in [-0.4, -0.2) is 51.9 Å². The molecule has 0 aliphatic carbocycles. The number of hydrogen-bond donors (Lipinski definition) is 2. The largest absolute Gasteiger partial charge is 0.340 e. The highest BCUT2D eigenvalue weighted by Crippen LogP contribution is 2.26. The van der Waals surface area contributed by atoms with Crippen molar-refractivity contribution in [2.24, 2.45) is 0 Å². The first-order valence-electron chi connectivity index (χ1n) is 13.5. The van der Waals surface area contributed by atoms with Crippen LogP contribution in [0.5, 0.6) is 0 Å². The number of amides is 1. The van der Waals surface area contributed by atoms with Crippen LogP contribution in [0.1, 0.15) is 44.1 Å². The molecule has 1 amide bonds. The minimum Gasteiger partial charge on any atom is -0.340 e. The second-order valence-electron chi connectivity index (χ2n) is 10.5. The van der Waals surface area contributed by atoms with E-state index in [2.05, 4.69) is 52.5 Å². The predicted octanol–water partition coefficient (Wildman–Crippen LogP) is 6.83. The molecule has 0 saturated carbocycles. The van der Waals surface area contributed by atoms with Crippen molar-refractivity contribution in [2.75, 3.05) is 30.8 Å². The molecule has 1 saturated heterocycles.